The average molecular weight is 497 g/mol. The number of aryl methyl sites for hydroxylation is 3. The molecule has 7 nitrogen and oxygen atoms in total. The number of aromatic nitrogens is 1. The van der Waals surface area contributed by atoms with Crippen LogP contribution in [0.1, 0.15) is 34.0 Å². The highest BCUT2D eigenvalue weighted by Gasteiger charge is 2.48. The lowest BCUT2D eigenvalue weighted by Crippen LogP contribution is -2.29. The summed E-state index contributed by atoms with van der Waals surface area (Å²) in [6.07, 6.45) is 0. The van der Waals surface area contributed by atoms with E-state index in [1.165, 1.54) is 19.1 Å². The Morgan fingerprint density at radius 1 is 0.892 bits per heavy atom. The Morgan fingerprint density at radius 2 is 1.57 bits per heavy atom. The molecular formula is C30H28N2O5. The molecule has 1 fully saturated rings. The molecule has 37 heavy (non-hydrogen) atoms. The fraction of sp³-hybridized carbons (Fsp3) is 0.200. The molecule has 1 amide bonds. The second-order valence-electron chi connectivity index (χ2n) is 9.29. The number of amides is 1. The Kier molecular flexibility index (Phi) is 5.99. The van der Waals surface area contributed by atoms with Crippen molar-refractivity contribution in [2.75, 3.05) is 19.1 Å². The van der Waals surface area contributed by atoms with Crippen LogP contribution in [-0.2, 0) is 9.59 Å². The van der Waals surface area contributed by atoms with Gasteiger partial charge in [0.2, 0.25) is 0 Å². The second-order valence-corrected chi connectivity index (χ2v) is 9.29. The first-order valence-corrected chi connectivity index (χ1v) is 11.9. The van der Waals surface area contributed by atoms with Crippen molar-refractivity contribution in [3.05, 3.63) is 94.2 Å². The molecule has 188 valence electrons. The van der Waals surface area contributed by atoms with Crippen molar-refractivity contribution in [3.8, 4) is 11.5 Å². The zero-order chi connectivity index (χ0) is 26.4. The van der Waals surface area contributed by atoms with E-state index in [0.29, 0.717) is 22.7 Å². The summed E-state index contributed by atoms with van der Waals surface area (Å²) in [4.78, 5) is 32.1. The number of carbonyl (C=O) groups excluding carboxylic acids is 2. The highest BCUT2D eigenvalue weighted by Crippen LogP contribution is 2.46. The van der Waals surface area contributed by atoms with E-state index in [-0.39, 0.29) is 11.3 Å². The quantitative estimate of drug-likeness (QED) is 0.209. The van der Waals surface area contributed by atoms with E-state index in [4.69, 9.17) is 9.47 Å². The lowest BCUT2D eigenvalue weighted by molar-refractivity contribution is -0.132. The maximum absolute atomic E-state index is 13.6. The summed E-state index contributed by atoms with van der Waals surface area (Å²) >= 11 is 0. The first-order valence-electron chi connectivity index (χ1n) is 11.9. The van der Waals surface area contributed by atoms with Crippen molar-refractivity contribution < 1.29 is 24.2 Å². The topological polar surface area (TPSA) is 91.9 Å². The van der Waals surface area contributed by atoms with E-state index < -0.39 is 17.7 Å². The van der Waals surface area contributed by atoms with Gasteiger partial charge in [-0.25, -0.2) is 0 Å². The van der Waals surface area contributed by atoms with Crippen molar-refractivity contribution in [2.45, 2.75) is 26.8 Å². The van der Waals surface area contributed by atoms with Crippen LogP contribution in [0.25, 0.3) is 16.7 Å². The smallest absolute Gasteiger partial charge is 0.300 e. The number of nitrogens with one attached hydrogen (secondary N) is 1. The summed E-state index contributed by atoms with van der Waals surface area (Å²) in [5, 5.41) is 12.4. The number of aromatic amines is 1. The summed E-state index contributed by atoms with van der Waals surface area (Å²) in [5.41, 5.74) is 5.34. The van der Waals surface area contributed by atoms with Gasteiger partial charge in [-0.2, -0.15) is 0 Å². The number of H-pyrrole nitrogens is 1. The fourth-order valence-electron chi connectivity index (χ4n) is 5.25. The molecule has 1 atom stereocenters. The van der Waals surface area contributed by atoms with Gasteiger partial charge < -0.3 is 19.6 Å². The monoisotopic (exact) mass is 496 g/mol. The van der Waals surface area contributed by atoms with Gasteiger partial charge in [0.25, 0.3) is 11.7 Å². The SMILES string of the molecule is COc1ccc(/C(O)=C2\C(=O)C(=O)N(c3cc(C)cc(C)c3)C2c2c(C)[nH]c3ccccc23)cc1OC. The van der Waals surface area contributed by atoms with Crippen LogP contribution < -0.4 is 14.4 Å². The zero-order valence-electron chi connectivity index (χ0n) is 21.4. The Labute approximate surface area is 214 Å². The average Bonchev–Trinajstić information content (AvgIpc) is 3.34. The number of Topliss-reactive ketones (excluding diaryl/α,β-unsaturated/α-hetero) is 1. The molecule has 4 aromatic rings. The van der Waals surface area contributed by atoms with Crippen LogP contribution in [0.2, 0.25) is 0 Å². The minimum absolute atomic E-state index is 0.0178. The minimum atomic E-state index is -0.842. The van der Waals surface area contributed by atoms with Crippen LogP contribution >= 0.6 is 0 Å². The molecule has 0 radical (unpaired) electrons. The standard InChI is InChI=1S/C30H28N2O5/c1-16-12-17(2)14-20(13-16)32-27(25-18(3)31-22-9-7-6-8-21(22)25)26(29(34)30(32)35)28(33)19-10-11-23(36-4)24(15-19)37-5/h6-15,27,31,33H,1-5H3/b28-26+. The molecule has 5 rings (SSSR count). The molecule has 3 aromatic carbocycles. The molecule has 0 spiro atoms. The molecule has 2 N–H and O–H groups in total. The van der Waals surface area contributed by atoms with E-state index in [0.717, 1.165) is 33.3 Å². The largest absolute Gasteiger partial charge is 0.507 e. The third-order valence-electron chi connectivity index (χ3n) is 6.80. The zero-order valence-corrected chi connectivity index (χ0v) is 21.4. The lowest BCUT2D eigenvalue weighted by Gasteiger charge is -2.26. The number of carbonyl (C=O) groups is 2. The van der Waals surface area contributed by atoms with Gasteiger partial charge in [0.05, 0.1) is 25.8 Å². The van der Waals surface area contributed by atoms with Gasteiger partial charge in [-0.3, -0.25) is 14.5 Å². The number of aliphatic hydroxyl groups excluding tert-OH is 1. The molecule has 1 unspecified atom stereocenters. The van der Waals surface area contributed by atoms with E-state index in [2.05, 4.69) is 4.98 Å². The number of methoxy groups -OCH3 is 2. The van der Waals surface area contributed by atoms with E-state index >= 15 is 0 Å². The first-order chi connectivity index (χ1) is 17.7. The number of aliphatic hydroxyl groups is 1. The van der Waals surface area contributed by atoms with Crippen LogP contribution in [0.5, 0.6) is 11.5 Å². The number of rotatable bonds is 5. The normalized spacial score (nSPS) is 17.0. The van der Waals surface area contributed by atoms with Crippen molar-refractivity contribution in [1.82, 2.24) is 4.98 Å². The predicted molar refractivity (Wildman–Crippen MR) is 143 cm³/mol. The van der Waals surface area contributed by atoms with Crippen LogP contribution in [0.15, 0.2) is 66.2 Å². The highest BCUT2D eigenvalue weighted by atomic mass is 16.5. The first kappa shape index (κ1) is 24.2. The number of fused-ring (bicyclic) bond motifs is 1. The van der Waals surface area contributed by atoms with E-state index in [9.17, 15) is 14.7 Å². The maximum atomic E-state index is 13.6. The van der Waals surface area contributed by atoms with Crippen molar-refractivity contribution in [3.63, 3.8) is 0 Å². The van der Waals surface area contributed by atoms with Gasteiger partial charge in [-0.15, -0.1) is 0 Å². The Hall–Kier alpha value is -4.52. The van der Waals surface area contributed by atoms with Crippen LogP contribution in [-0.4, -0.2) is 36.0 Å². The molecule has 1 aliphatic rings. The number of benzene rings is 3. The van der Waals surface area contributed by atoms with Crippen molar-refractivity contribution >= 4 is 34.0 Å². The third-order valence-corrected chi connectivity index (χ3v) is 6.80. The van der Waals surface area contributed by atoms with Gasteiger partial charge in [0.15, 0.2) is 11.5 Å². The van der Waals surface area contributed by atoms with Gasteiger partial charge in [-0.1, -0.05) is 24.3 Å². The van der Waals surface area contributed by atoms with E-state index in [1.54, 1.807) is 18.2 Å². The van der Waals surface area contributed by atoms with Crippen LogP contribution in [0.4, 0.5) is 5.69 Å². The highest BCUT2D eigenvalue weighted by molar-refractivity contribution is 6.52. The lowest BCUT2D eigenvalue weighted by atomic mass is 9.93. The Bertz CT molecular complexity index is 1580. The molecule has 0 bridgehead atoms. The number of ether oxygens (including phenoxy) is 2. The predicted octanol–water partition coefficient (Wildman–Crippen LogP) is 5.74. The summed E-state index contributed by atoms with van der Waals surface area (Å²) in [5.74, 6) is -0.836. The minimum Gasteiger partial charge on any atom is -0.507 e. The molecule has 1 saturated heterocycles. The molecule has 0 saturated carbocycles. The number of hydrogen-bond acceptors (Lipinski definition) is 5. The molecule has 0 aliphatic carbocycles. The summed E-state index contributed by atoms with van der Waals surface area (Å²) in [6, 6.07) is 17.5. The summed E-state index contributed by atoms with van der Waals surface area (Å²) in [7, 11) is 3.02. The Morgan fingerprint density at radius 3 is 2.24 bits per heavy atom. The number of ketones is 1. The number of nitrogens with zero attached hydrogens (tertiary/aromatic N) is 1. The van der Waals surface area contributed by atoms with Gasteiger partial charge in [0.1, 0.15) is 5.76 Å². The van der Waals surface area contributed by atoms with Crippen molar-refractivity contribution in [2.24, 2.45) is 0 Å². The van der Waals surface area contributed by atoms with Crippen LogP contribution in [0, 0.1) is 20.8 Å². The number of hydrogen-bond donors (Lipinski definition) is 2. The van der Waals surface area contributed by atoms with Gasteiger partial charge >= 0.3 is 0 Å². The molecule has 1 aromatic heterocycles. The number of anilines is 1. The van der Waals surface area contributed by atoms with Crippen molar-refractivity contribution in [1.29, 1.82) is 0 Å². The second kappa shape index (κ2) is 9.17. The summed E-state index contributed by atoms with van der Waals surface area (Å²) < 4.78 is 10.7. The summed E-state index contributed by atoms with van der Waals surface area (Å²) in [6.45, 7) is 5.80. The number of para-hydroxylation sites is 1. The molecular weight excluding hydrogens is 468 g/mol. The molecule has 7 heteroatoms. The maximum Gasteiger partial charge on any atom is 0.300 e. The Balaban J connectivity index is 1.81. The molecule has 2 heterocycles. The van der Waals surface area contributed by atoms with Crippen LogP contribution in [0.3, 0.4) is 0 Å². The fourth-order valence-corrected chi connectivity index (χ4v) is 5.25. The van der Waals surface area contributed by atoms with E-state index in [1.807, 2.05) is 63.2 Å². The van der Waals surface area contributed by atoms with Gasteiger partial charge in [-0.05, 0) is 68.3 Å². The third kappa shape index (κ3) is 3.93. The van der Waals surface area contributed by atoms with Gasteiger partial charge in [0, 0.05) is 33.4 Å². The molecule has 1 aliphatic heterocycles.